The third-order valence-electron chi connectivity index (χ3n) is 2.66. The van der Waals surface area contributed by atoms with Crippen LogP contribution >= 0.6 is 15.9 Å². The number of carbonyl (C=O) groups excluding carboxylic acids is 1. The summed E-state index contributed by atoms with van der Waals surface area (Å²) in [5, 5.41) is 0. The first-order chi connectivity index (χ1) is 9.72. The van der Waals surface area contributed by atoms with Gasteiger partial charge in [-0.2, -0.15) is 0 Å². The van der Waals surface area contributed by atoms with Crippen LogP contribution in [-0.4, -0.2) is 16.9 Å². The molecule has 0 atom stereocenters. The zero-order valence-electron chi connectivity index (χ0n) is 10.3. The normalized spacial score (nSPS) is 16.1. The predicted octanol–water partition coefficient (Wildman–Crippen LogP) is 3.19. The van der Waals surface area contributed by atoms with Crippen LogP contribution in [0.3, 0.4) is 0 Å². The van der Waals surface area contributed by atoms with Crippen molar-refractivity contribution < 1.29 is 9.53 Å². The maximum absolute atomic E-state index is 11.8. The fraction of sp³-hybridized carbons (Fsp3) is 0. The molecule has 2 aromatic rings. The van der Waals surface area contributed by atoms with Gasteiger partial charge in [0.1, 0.15) is 0 Å². The number of benzene rings is 1. The van der Waals surface area contributed by atoms with Gasteiger partial charge in [-0.25, -0.2) is 9.79 Å². The number of pyridine rings is 1. The lowest BCUT2D eigenvalue weighted by atomic mass is 10.2. The molecule has 1 aliphatic rings. The van der Waals surface area contributed by atoms with Gasteiger partial charge in [-0.1, -0.05) is 28.1 Å². The molecule has 0 N–H and O–H groups in total. The van der Waals surface area contributed by atoms with E-state index in [1.54, 1.807) is 18.3 Å². The number of esters is 1. The van der Waals surface area contributed by atoms with Crippen LogP contribution < -0.4 is 0 Å². The van der Waals surface area contributed by atoms with Gasteiger partial charge in [0.2, 0.25) is 5.90 Å². The Morgan fingerprint density at radius 1 is 1.15 bits per heavy atom. The standard InChI is InChI=1S/C15H9BrN2O2/c16-11-5-3-4-10(8-11)14-18-13(15(19)20-14)9-12-6-1-2-7-17-12/h1-9H. The maximum Gasteiger partial charge on any atom is 0.363 e. The molecule has 0 radical (unpaired) electrons. The molecule has 1 aromatic heterocycles. The van der Waals surface area contributed by atoms with Crippen molar-refractivity contribution in [1.29, 1.82) is 0 Å². The average Bonchev–Trinajstić information content (AvgIpc) is 2.81. The highest BCUT2D eigenvalue weighted by Crippen LogP contribution is 2.20. The molecule has 20 heavy (non-hydrogen) atoms. The predicted molar refractivity (Wildman–Crippen MR) is 79.0 cm³/mol. The molecule has 0 unspecified atom stereocenters. The average molecular weight is 329 g/mol. The fourth-order valence-corrected chi connectivity index (χ4v) is 2.15. The second-order valence-electron chi connectivity index (χ2n) is 4.10. The number of hydrogen-bond acceptors (Lipinski definition) is 4. The van der Waals surface area contributed by atoms with Crippen LogP contribution in [0.4, 0.5) is 0 Å². The molecule has 1 aromatic carbocycles. The summed E-state index contributed by atoms with van der Waals surface area (Å²) in [6, 6.07) is 12.9. The summed E-state index contributed by atoms with van der Waals surface area (Å²) in [6.07, 6.45) is 3.26. The Morgan fingerprint density at radius 3 is 2.80 bits per heavy atom. The van der Waals surface area contributed by atoms with Crippen LogP contribution in [0.25, 0.3) is 6.08 Å². The van der Waals surface area contributed by atoms with Gasteiger partial charge in [0.05, 0.1) is 5.69 Å². The van der Waals surface area contributed by atoms with Crippen LogP contribution in [-0.2, 0) is 9.53 Å². The number of cyclic esters (lactones) is 1. The zero-order chi connectivity index (χ0) is 13.9. The van der Waals surface area contributed by atoms with Crippen molar-refractivity contribution in [3.8, 4) is 0 Å². The quantitative estimate of drug-likeness (QED) is 0.628. The molecule has 4 nitrogen and oxygen atoms in total. The van der Waals surface area contributed by atoms with Crippen LogP contribution in [0.1, 0.15) is 11.3 Å². The third-order valence-corrected chi connectivity index (χ3v) is 3.16. The second kappa shape index (κ2) is 5.38. The molecule has 0 saturated carbocycles. The van der Waals surface area contributed by atoms with Crippen LogP contribution in [0.5, 0.6) is 0 Å². The summed E-state index contributed by atoms with van der Waals surface area (Å²) < 4.78 is 6.08. The van der Waals surface area contributed by atoms with Crippen LogP contribution in [0, 0.1) is 0 Å². The van der Waals surface area contributed by atoms with E-state index in [1.165, 1.54) is 0 Å². The number of ether oxygens (including phenoxy) is 1. The van der Waals surface area contributed by atoms with Crippen LogP contribution in [0.2, 0.25) is 0 Å². The number of carbonyl (C=O) groups is 1. The molecule has 0 bridgehead atoms. The van der Waals surface area contributed by atoms with E-state index in [0.717, 1.165) is 10.0 Å². The molecule has 5 heteroatoms. The minimum absolute atomic E-state index is 0.249. The van der Waals surface area contributed by atoms with Gasteiger partial charge in [0, 0.05) is 16.2 Å². The Bertz CT molecular complexity index is 724. The molecule has 0 amide bonds. The molecular formula is C15H9BrN2O2. The highest BCUT2D eigenvalue weighted by atomic mass is 79.9. The zero-order valence-corrected chi connectivity index (χ0v) is 11.9. The Kier molecular flexibility index (Phi) is 3.43. The number of aliphatic imine (C=N–C) groups is 1. The third kappa shape index (κ3) is 2.67. The highest BCUT2D eigenvalue weighted by Gasteiger charge is 2.24. The van der Waals surface area contributed by atoms with E-state index in [-0.39, 0.29) is 5.70 Å². The Morgan fingerprint density at radius 2 is 2.05 bits per heavy atom. The van der Waals surface area contributed by atoms with Crippen molar-refractivity contribution in [2.45, 2.75) is 0 Å². The van der Waals surface area contributed by atoms with E-state index in [4.69, 9.17) is 4.74 Å². The number of halogens is 1. The molecule has 1 aliphatic heterocycles. The van der Waals surface area contributed by atoms with Crippen molar-refractivity contribution in [1.82, 2.24) is 4.98 Å². The minimum atomic E-state index is -0.467. The molecule has 3 rings (SSSR count). The van der Waals surface area contributed by atoms with Crippen molar-refractivity contribution in [2.24, 2.45) is 4.99 Å². The number of aromatic nitrogens is 1. The summed E-state index contributed by atoms with van der Waals surface area (Å²) in [7, 11) is 0. The van der Waals surface area contributed by atoms with E-state index < -0.39 is 5.97 Å². The van der Waals surface area contributed by atoms with Gasteiger partial charge in [-0.3, -0.25) is 4.98 Å². The highest BCUT2D eigenvalue weighted by molar-refractivity contribution is 9.10. The van der Waals surface area contributed by atoms with Crippen molar-refractivity contribution in [3.63, 3.8) is 0 Å². The lowest BCUT2D eigenvalue weighted by molar-refractivity contribution is -0.129. The van der Waals surface area contributed by atoms with Crippen molar-refractivity contribution >= 4 is 33.9 Å². The maximum atomic E-state index is 11.8. The van der Waals surface area contributed by atoms with E-state index in [0.29, 0.717) is 11.6 Å². The molecule has 0 saturated heterocycles. The first-order valence-corrected chi connectivity index (χ1v) is 6.71. The van der Waals surface area contributed by atoms with Gasteiger partial charge >= 0.3 is 5.97 Å². The van der Waals surface area contributed by atoms with Crippen molar-refractivity contribution in [3.05, 3.63) is 70.1 Å². The van der Waals surface area contributed by atoms with E-state index in [9.17, 15) is 4.79 Å². The van der Waals surface area contributed by atoms with Gasteiger partial charge in [0.25, 0.3) is 0 Å². The summed E-state index contributed by atoms with van der Waals surface area (Å²) in [5.74, 6) is -0.163. The molecule has 0 aliphatic carbocycles. The first kappa shape index (κ1) is 12.7. The monoisotopic (exact) mass is 328 g/mol. The van der Waals surface area contributed by atoms with Gasteiger partial charge in [-0.05, 0) is 36.4 Å². The molecule has 98 valence electrons. The van der Waals surface area contributed by atoms with E-state index in [2.05, 4.69) is 25.9 Å². The Balaban J connectivity index is 1.95. The second-order valence-corrected chi connectivity index (χ2v) is 5.02. The smallest absolute Gasteiger partial charge is 0.363 e. The van der Waals surface area contributed by atoms with E-state index >= 15 is 0 Å². The Labute approximate surface area is 124 Å². The van der Waals surface area contributed by atoms with Gasteiger partial charge < -0.3 is 4.74 Å². The first-order valence-electron chi connectivity index (χ1n) is 5.92. The topological polar surface area (TPSA) is 51.5 Å². The lowest BCUT2D eigenvalue weighted by Gasteiger charge is -1.99. The molecule has 2 heterocycles. The van der Waals surface area contributed by atoms with Gasteiger partial charge in [0.15, 0.2) is 5.70 Å². The molecule has 0 spiro atoms. The summed E-state index contributed by atoms with van der Waals surface area (Å²) in [6.45, 7) is 0. The van der Waals surface area contributed by atoms with E-state index in [1.807, 2.05) is 36.4 Å². The summed E-state index contributed by atoms with van der Waals surface area (Å²) in [4.78, 5) is 20.2. The number of rotatable bonds is 2. The largest absolute Gasteiger partial charge is 0.402 e. The fourth-order valence-electron chi connectivity index (χ4n) is 1.76. The van der Waals surface area contributed by atoms with Crippen LogP contribution in [0.15, 0.2) is 63.8 Å². The number of hydrogen-bond donors (Lipinski definition) is 0. The lowest BCUT2D eigenvalue weighted by Crippen LogP contribution is -2.05. The van der Waals surface area contributed by atoms with Crippen molar-refractivity contribution in [2.75, 3.05) is 0 Å². The minimum Gasteiger partial charge on any atom is -0.402 e. The summed E-state index contributed by atoms with van der Waals surface area (Å²) in [5.41, 5.74) is 1.66. The number of nitrogens with zero attached hydrogens (tertiary/aromatic N) is 2. The molecule has 0 fully saturated rings. The molecular weight excluding hydrogens is 320 g/mol. The SMILES string of the molecule is O=C1OC(c2cccc(Br)c2)=NC1=Cc1ccccn1. The Hall–Kier alpha value is -2.27. The summed E-state index contributed by atoms with van der Waals surface area (Å²) >= 11 is 3.37. The van der Waals surface area contributed by atoms with Gasteiger partial charge in [-0.15, -0.1) is 0 Å².